The molecule has 1 heterocycles. The number of nitrogens with one attached hydrogen (secondary N) is 1. The number of carbonyl (C=O) groups is 1. The molecule has 0 saturated heterocycles. The lowest BCUT2D eigenvalue weighted by Gasteiger charge is -2.12. The van der Waals surface area contributed by atoms with E-state index < -0.39 is 0 Å². The zero-order chi connectivity index (χ0) is 17.6. The maximum atomic E-state index is 12.1. The molecule has 0 spiro atoms. The fraction of sp³-hybridized carbons (Fsp3) is 0.316. The van der Waals surface area contributed by atoms with Crippen molar-refractivity contribution in [1.82, 2.24) is 0 Å². The summed E-state index contributed by atoms with van der Waals surface area (Å²) in [4.78, 5) is 12.1. The van der Waals surface area contributed by atoms with E-state index in [1.54, 1.807) is 31.4 Å². The Morgan fingerprint density at radius 2 is 1.88 bits per heavy atom. The number of hydrogen-bond acceptors (Lipinski definition) is 5. The Kier molecular flexibility index (Phi) is 5.28. The van der Waals surface area contributed by atoms with Crippen LogP contribution in [0.1, 0.15) is 12.0 Å². The van der Waals surface area contributed by atoms with Crippen LogP contribution in [0.15, 0.2) is 36.4 Å². The summed E-state index contributed by atoms with van der Waals surface area (Å²) in [5, 5.41) is 2.79. The van der Waals surface area contributed by atoms with E-state index in [9.17, 15) is 4.79 Å². The molecule has 1 amide bonds. The molecule has 0 unspecified atom stereocenters. The number of methoxy groups -OCH3 is 1. The van der Waals surface area contributed by atoms with Gasteiger partial charge in [-0.3, -0.25) is 4.79 Å². The van der Waals surface area contributed by atoms with Gasteiger partial charge in [-0.15, -0.1) is 0 Å². The van der Waals surface area contributed by atoms with Gasteiger partial charge in [0, 0.05) is 18.2 Å². The van der Waals surface area contributed by atoms with E-state index in [1.165, 1.54) is 0 Å². The van der Waals surface area contributed by atoms with Crippen LogP contribution >= 0.6 is 0 Å². The quantitative estimate of drug-likeness (QED) is 0.903. The van der Waals surface area contributed by atoms with E-state index in [0.29, 0.717) is 41.9 Å². The van der Waals surface area contributed by atoms with Crippen LogP contribution < -0.4 is 24.3 Å². The summed E-state index contributed by atoms with van der Waals surface area (Å²) in [6, 6.07) is 10.9. The topological polar surface area (TPSA) is 66.0 Å². The number of ether oxygens (including phenoxy) is 4. The molecule has 25 heavy (non-hydrogen) atoms. The van der Waals surface area contributed by atoms with Crippen molar-refractivity contribution in [2.75, 3.05) is 32.2 Å². The van der Waals surface area contributed by atoms with Crippen molar-refractivity contribution in [2.24, 2.45) is 0 Å². The van der Waals surface area contributed by atoms with E-state index in [1.807, 2.05) is 19.1 Å². The van der Waals surface area contributed by atoms with E-state index in [-0.39, 0.29) is 12.5 Å². The smallest absolute Gasteiger partial charge is 0.262 e. The number of benzene rings is 2. The summed E-state index contributed by atoms with van der Waals surface area (Å²) in [6.07, 6.45) is 0.836. The average Bonchev–Trinajstić information content (AvgIpc) is 2.85. The number of rotatable bonds is 5. The molecule has 0 radical (unpaired) electrons. The van der Waals surface area contributed by atoms with Crippen molar-refractivity contribution in [3.8, 4) is 23.0 Å². The average molecular weight is 343 g/mol. The van der Waals surface area contributed by atoms with Crippen LogP contribution in [0.5, 0.6) is 23.0 Å². The molecule has 0 atom stereocenters. The van der Waals surface area contributed by atoms with E-state index >= 15 is 0 Å². The van der Waals surface area contributed by atoms with Crippen molar-refractivity contribution >= 4 is 11.6 Å². The molecule has 2 aromatic rings. The van der Waals surface area contributed by atoms with Crippen LogP contribution in [0.3, 0.4) is 0 Å². The SMILES string of the molecule is COc1cc(C)ccc1OCC(=O)Nc1ccc2c(c1)OCCCO2. The van der Waals surface area contributed by atoms with E-state index in [4.69, 9.17) is 18.9 Å². The van der Waals surface area contributed by atoms with Crippen molar-refractivity contribution in [1.29, 1.82) is 0 Å². The van der Waals surface area contributed by atoms with Crippen LogP contribution in [0.2, 0.25) is 0 Å². The van der Waals surface area contributed by atoms with E-state index in [0.717, 1.165) is 12.0 Å². The van der Waals surface area contributed by atoms with Crippen molar-refractivity contribution in [3.05, 3.63) is 42.0 Å². The molecule has 0 aliphatic carbocycles. The van der Waals surface area contributed by atoms with Crippen LogP contribution in [0.4, 0.5) is 5.69 Å². The first kappa shape index (κ1) is 17.0. The second-order valence-corrected chi connectivity index (χ2v) is 5.70. The van der Waals surface area contributed by atoms with Gasteiger partial charge in [-0.1, -0.05) is 6.07 Å². The Morgan fingerprint density at radius 3 is 2.68 bits per heavy atom. The second kappa shape index (κ2) is 7.79. The summed E-state index contributed by atoms with van der Waals surface area (Å²) < 4.78 is 22.0. The Morgan fingerprint density at radius 1 is 1.08 bits per heavy atom. The van der Waals surface area contributed by atoms with Crippen LogP contribution in [0, 0.1) is 6.92 Å². The summed E-state index contributed by atoms with van der Waals surface area (Å²) >= 11 is 0. The van der Waals surface area contributed by atoms with Gasteiger partial charge in [-0.25, -0.2) is 0 Å². The number of carbonyl (C=O) groups excluding carboxylic acids is 1. The molecule has 0 bridgehead atoms. The lowest BCUT2D eigenvalue weighted by Crippen LogP contribution is -2.20. The number of hydrogen-bond donors (Lipinski definition) is 1. The predicted molar refractivity (Wildman–Crippen MR) is 93.9 cm³/mol. The molecule has 2 aromatic carbocycles. The third kappa shape index (κ3) is 4.35. The van der Waals surface area contributed by atoms with Gasteiger partial charge >= 0.3 is 0 Å². The molecule has 132 valence electrons. The number of anilines is 1. The first-order valence-electron chi connectivity index (χ1n) is 8.12. The first-order chi connectivity index (χ1) is 12.2. The minimum Gasteiger partial charge on any atom is -0.493 e. The zero-order valence-corrected chi connectivity index (χ0v) is 14.3. The predicted octanol–water partition coefficient (Wildman–Crippen LogP) is 3.18. The zero-order valence-electron chi connectivity index (χ0n) is 14.3. The maximum Gasteiger partial charge on any atom is 0.262 e. The molecular formula is C19H21NO5. The number of amides is 1. The first-order valence-corrected chi connectivity index (χ1v) is 8.12. The van der Waals surface area contributed by atoms with Gasteiger partial charge in [0.1, 0.15) is 0 Å². The van der Waals surface area contributed by atoms with Crippen LogP contribution in [-0.2, 0) is 4.79 Å². The molecule has 6 heteroatoms. The highest BCUT2D eigenvalue weighted by molar-refractivity contribution is 5.92. The molecule has 1 N–H and O–H groups in total. The number of fused-ring (bicyclic) bond motifs is 1. The Bertz CT molecular complexity index is 759. The van der Waals surface area contributed by atoms with Gasteiger partial charge in [-0.05, 0) is 36.8 Å². The lowest BCUT2D eigenvalue weighted by atomic mass is 10.2. The number of aryl methyl sites for hydroxylation is 1. The molecule has 6 nitrogen and oxygen atoms in total. The van der Waals surface area contributed by atoms with Gasteiger partial charge in [0.2, 0.25) is 0 Å². The van der Waals surface area contributed by atoms with Crippen LogP contribution in [-0.4, -0.2) is 32.8 Å². The van der Waals surface area contributed by atoms with Crippen molar-refractivity contribution in [2.45, 2.75) is 13.3 Å². The molecule has 1 aliphatic rings. The lowest BCUT2D eigenvalue weighted by molar-refractivity contribution is -0.118. The second-order valence-electron chi connectivity index (χ2n) is 5.70. The normalized spacial score (nSPS) is 12.9. The minimum absolute atomic E-state index is 0.117. The Labute approximate surface area is 146 Å². The van der Waals surface area contributed by atoms with Gasteiger partial charge < -0.3 is 24.3 Å². The fourth-order valence-electron chi connectivity index (χ4n) is 2.48. The van der Waals surface area contributed by atoms with Crippen LogP contribution in [0.25, 0.3) is 0 Å². The van der Waals surface area contributed by atoms with Crippen molar-refractivity contribution in [3.63, 3.8) is 0 Å². The molecule has 3 rings (SSSR count). The maximum absolute atomic E-state index is 12.1. The summed E-state index contributed by atoms with van der Waals surface area (Å²) in [6.45, 7) is 3.07. The minimum atomic E-state index is -0.267. The van der Waals surface area contributed by atoms with E-state index in [2.05, 4.69) is 5.32 Å². The molecule has 0 aromatic heterocycles. The van der Waals surface area contributed by atoms with Gasteiger partial charge in [0.05, 0.1) is 20.3 Å². The fourth-order valence-corrected chi connectivity index (χ4v) is 2.48. The highest BCUT2D eigenvalue weighted by Crippen LogP contribution is 2.32. The van der Waals surface area contributed by atoms with Crippen molar-refractivity contribution < 1.29 is 23.7 Å². The van der Waals surface area contributed by atoms with Gasteiger partial charge in [-0.2, -0.15) is 0 Å². The molecule has 1 aliphatic heterocycles. The van der Waals surface area contributed by atoms with Gasteiger partial charge in [0.25, 0.3) is 5.91 Å². The molecule has 0 saturated carbocycles. The highest BCUT2D eigenvalue weighted by Gasteiger charge is 2.13. The third-order valence-electron chi connectivity index (χ3n) is 3.71. The Hall–Kier alpha value is -2.89. The summed E-state index contributed by atoms with van der Waals surface area (Å²) in [5.41, 5.74) is 1.69. The molecule has 0 fully saturated rings. The molecular weight excluding hydrogens is 322 g/mol. The monoisotopic (exact) mass is 343 g/mol. The Balaban J connectivity index is 1.60. The highest BCUT2D eigenvalue weighted by atomic mass is 16.5. The largest absolute Gasteiger partial charge is 0.493 e. The van der Waals surface area contributed by atoms with Gasteiger partial charge in [0.15, 0.2) is 29.6 Å². The third-order valence-corrected chi connectivity index (χ3v) is 3.71. The summed E-state index contributed by atoms with van der Waals surface area (Å²) in [5.74, 6) is 2.19. The standard InChI is InChI=1S/C19H21NO5/c1-13-4-6-15(17(10-13)22-2)25-12-19(21)20-14-5-7-16-18(11-14)24-9-3-8-23-16/h4-7,10-11H,3,8-9,12H2,1-2H3,(H,20,21). The summed E-state index contributed by atoms with van der Waals surface area (Å²) in [7, 11) is 1.57.